The smallest absolute Gasteiger partial charge is 0.227 e. The van der Waals surface area contributed by atoms with Crippen molar-refractivity contribution < 1.29 is 18.7 Å². The summed E-state index contributed by atoms with van der Waals surface area (Å²) < 4.78 is 26.2. The minimum Gasteiger partial charge on any atom is -0.390 e. The van der Waals surface area contributed by atoms with Crippen LogP contribution in [0.1, 0.15) is 25.8 Å². The lowest BCUT2D eigenvalue weighted by Crippen LogP contribution is -2.51. The van der Waals surface area contributed by atoms with E-state index in [4.69, 9.17) is 11.6 Å². The van der Waals surface area contributed by atoms with Gasteiger partial charge >= 0.3 is 0 Å². The molecule has 0 bridgehead atoms. The molecule has 2 atom stereocenters. The van der Waals surface area contributed by atoms with Crippen molar-refractivity contribution in [1.82, 2.24) is 4.90 Å². The van der Waals surface area contributed by atoms with Gasteiger partial charge < -0.3 is 10.0 Å². The minimum atomic E-state index is -1.03. The average molecular weight is 318 g/mol. The molecule has 116 valence electrons. The number of likely N-dealkylation sites (tertiary alicyclic amines) is 1. The van der Waals surface area contributed by atoms with Gasteiger partial charge in [-0.25, -0.2) is 8.78 Å². The average Bonchev–Trinajstić information content (AvgIpc) is 2.39. The molecular weight excluding hydrogens is 300 g/mol. The first-order valence-electron chi connectivity index (χ1n) is 6.84. The lowest BCUT2D eigenvalue weighted by atomic mass is 9.84. The summed E-state index contributed by atoms with van der Waals surface area (Å²) in [6, 6.07) is 1.84. The summed E-state index contributed by atoms with van der Waals surface area (Å²) in [6.45, 7) is 4.51. The highest BCUT2D eigenvalue weighted by molar-refractivity contribution is 6.31. The second-order valence-electron chi connectivity index (χ2n) is 5.88. The predicted octanol–water partition coefficient (Wildman–Crippen LogP) is 2.78. The van der Waals surface area contributed by atoms with Crippen LogP contribution in [0.3, 0.4) is 0 Å². The maximum absolute atomic E-state index is 13.2. The van der Waals surface area contributed by atoms with Crippen molar-refractivity contribution >= 4 is 17.5 Å². The van der Waals surface area contributed by atoms with Gasteiger partial charge in [0.05, 0.1) is 12.0 Å². The third-order valence-electron chi connectivity index (χ3n) is 4.23. The zero-order valence-electron chi connectivity index (χ0n) is 12.0. The first kappa shape index (κ1) is 16.2. The standard InChI is InChI=1S/C15H18ClF2NO2/c1-9-8-19(4-3-15(9,2)21)14(20)6-10-5-12(17)13(18)7-11(10)16/h5,7,9,21H,3-4,6,8H2,1-2H3/t9-,15+/m1/s1. The van der Waals surface area contributed by atoms with E-state index in [0.717, 1.165) is 12.1 Å². The number of nitrogens with zero attached hydrogens (tertiary/aromatic N) is 1. The van der Waals surface area contributed by atoms with Crippen molar-refractivity contribution in [3.05, 3.63) is 34.4 Å². The Bertz CT molecular complexity index is 563. The van der Waals surface area contributed by atoms with Crippen LogP contribution in [0.25, 0.3) is 0 Å². The fraction of sp³-hybridized carbons (Fsp3) is 0.533. The molecule has 1 aromatic rings. The van der Waals surface area contributed by atoms with Gasteiger partial charge in [0.25, 0.3) is 0 Å². The summed E-state index contributed by atoms with van der Waals surface area (Å²) in [4.78, 5) is 13.9. The van der Waals surface area contributed by atoms with Crippen molar-refractivity contribution in [2.45, 2.75) is 32.3 Å². The fourth-order valence-corrected chi connectivity index (χ4v) is 2.64. The van der Waals surface area contributed by atoms with Crippen LogP contribution in [0, 0.1) is 17.6 Å². The number of halogens is 3. The molecule has 1 saturated heterocycles. The van der Waals surface area contributed by atoms with E-state index >= 15 is 0 Å². The Morgan fingerprint density at radius 1 is 1.48 bits per heavy atom. The normalized spacial score (nSPS) is 26.0. The molecule has 0 aliphatic carbocycles. The monoisotopic (exact) mass is 317 g/mol. The zero-order valence-corrected chi connectivity index (χ0v) is 12.8. The second-order valence-corrected chi connectivity index (χ2v) is 6.29. The van der Waals surface area contributed by atoms with Crippen LogP contribution in [0.2, 0.25) is 5.02 Å². The number of aliphatic hydroxyl groups is 1. The van der Waals surface area contributed by atoms with Gasteiger partial charge in [-0.1, -0.05) is 18.5 Å². The molecule has 0 aromatic heterocycles. The van der Waals surface area contributed by atoms with E-state index in [0.29, 0.717) is 19.5 Å². The minimum absolute atomic E-state index is 0.0410. The van der Waals surface area contributed by atoms with Gasteiger partial charge in [-0.3, -0.25) is 4.79 Å². The second kappa shape index (κ2) is 5.89. The Morgan fingerprint density at radius 2 is 2.10 bits per heavy atom. The number of carbonyl (C=O) groups is 1. The summed E-state index contributed by atoms with van der Waals surface area (Å²) in [7, 11) is 0. The molecule has 0 saturated carbocycles. The van der Waals surface area contributed by atoms with Crippen LogP contribution in [-0.2, 0) is 11.2 Å². The predicted molar refractivity (Wildman–Crippen MR) is 76.1 cm³/mol. The molecule has 1 amide bonds. The lowest BCUT2D eigenvalue weighted by Gasteiger charge is -2.41. The van der Waals surface area contributed by atoms with Gasteiger partial charge in [0.15, 0.2) is 11.6 Å². The van der Waals surface area contributed by atoms with Gasteiger partial charge in [-0.05, 0) is 31.0 Å². The van der Waals surface area contributed by atoms with Crippen LogP contribution < -0.4 is 0 Å². The highest BCUT2D eigenvalue weighted by atomic mass is 35.5. The number of hydrogen-bond donors (Lipinski definition) is 1. The van der Waals surface area contributed by atoms with Gasteiger partial charge in [0, 0.05) is 24.0 Å². The van der Waals surface area contributed by atoms with Crippen LogP contribution in [0.15, 0.2) is 12.1 Å². The van der Waals surface area contributed by atoms with E-state index in [2.05, 4.69) is 0 Å². The number of carbonyl (C=O) groups excluding carboxylic acids is 1. The first-order chi connectivity index (χ1) is 9.70. The van der Waals surface area contributed by atoms with E-state index in [9.17, 15) is 18.7 Å². The number of hydrogen-bond acceptors (Lipinski definition) is 2. The quantitative estimate of drug-likeness (QED) is 0.852. The van der Waals surface area contributed by atoms with Crippen molar-refractivity contribution in [2.24, 2.45) is 5.92 Å². The molecule has 1 aliphatic rings. The molecule has 1 heterocycles. The van der Waals surface area contributed by atoms with Crippen LogP contribution >= 0.6 is 11.6 Å². The first-order valence-corrected chi connectivity index (χ1v) is 7.22. The Kier molecular flexibility index (Phi) is 4.54. The van der Waals surface area contributed by atoms with Gasteiger partial charge in [0.2, 0.25) is 5.91 Å². The Hall–Kier alpha value is -1.20. The van der Waals surface area contributed by atoms with Gasteiger partial charge in [0.1, 0.15) is 0 Å². The highest BCUT2D eigenvalue weighted by Crippen LogP contribution is 2.28. The molecule has 21 heavy (non-hydrogen) atoms. The number of piperidine rings is 1. The van der Waals surface area contributed by atoms with Gasteiger partial charge in [-0.2, -0.15) is 0 Å². The third kappa shape index (κ3) is 3.52. The van der Waals surface area contributed by atoms with Gasteiger partial charge in [-0.15, -0.1) is 0 Å². The number of amides is 1. The molecule has 1 fully saturated rings. The summed E-state index contributed by atoms with van der Waals surface area (Å²) in [5.41, 5.74) is -0.512. The van der Waals surface area contributed by atoms with Crippen LogP contribution in [0.4, 0.5) is 8.78 Å². The Morgan fingerprint density at radius 3 is 2.71 bits per heavy atom. The van der Waals surface area contributed by atoms with Crippen LogP contribution in [-0.4, -0.2) is 34.6 Å². The molecule has 0 unspecified atom stereocenters. The number of rotatable bonds is 2. The van der Waals surface area contributed by atoms with Crippen molar-refractivity contribution in [2.75, 3.05) is 13.1 Å². The molecule has 0 spiro atoms. The summed E-state index contributed by atoms with van der Waals surface area (Å²) in [5.74, 6) is -2.29. The van der Waals surface area contributed by atoms with Crippen molar-refractivity contribution in [1.29, 1.82) is 0 Å². The molecule has 1 aromatic carbocycles. The molecule has 0 radical (unpaired) electrons. The highest BCUT2D eigenvalue weighted by Gasteiger charge is 2.36. The maximum atomic E-state index is 13.2. The van der Waals surface area contributed by atoms with E-state index in [-0.39, 0.29) is 28.8 Å². The van der Waals surface area contributed by atoms with E-state index in [1.807, 2.05) is 6.92 Å². The fourth-order valence-electron chi connectivity index (χ4n) is 2.43. The van der Waals surface area contributed by atoms with E-state index < -0.39 is 17.2 Å². The summed E-state index contributed by atoms with van der Waals surface area (Å²) in [5, 5.41) is 10.1. The zero-order chi connectivity index (χ0) is 15.8. The Balaban J connectivity index is 2.07. The summed E-state index contributed by atoms with van der Waals surface area (Å²) >= 11 is 5.84. The Labute approximate surface area is 127 Å². The summed E-state index contributed by atoms with van der Waals surface area (Å²) in [6.07, 6.45) is 0.413. The van der Waals surface area contributed by atoms with Crippen molar-refractivity contribution in [3.8, 4) is 0 Å². The lowest BCUT2D eigenvalue weighted by molar-refractivity contribution is -0.137. The molecule has 6 heteroatoms. The number of benzene rings is 1. The molecule has 3 nitrogen and oxygen atoms in total. The van der Waals surface area contributed by atoms with Crippen LogP contribution in [0.5, 0.6) is 0 Å². The SMILES string of the molecule is C[C@@H]1CN(C(=O)Cc2cc(F)c(F)cc2Cl)CC[C@]1(C)O. The molecule has 1 aliphatic heterocycles. The largest absolute Gasteiger partial charge is 0.390 e. The topological polar surface area (TPSA) is 40.5 Å². The third-order valence-corrected chi connectivity index (χ3v) is 4.58. The van der Waals surface area contributed by atoms with E-state index in [1.54, 1.807) is 11.8 Å². The molecule has 1 N–H and O–H groups in total. The molecule has 2 rings (SSSR count). The van der Waals surface area contributed by atoms with E-state index in [1.165, 1.54) is 0 Å². The maximum Gasteiger partial charge on any atom is 0.227 e. The van der Waals surface area contributed by atoms with Crippen molar-refractivity contribution in [3.63, 3.8) is 0 Å². The molecular formula is C15H18ClF2NO2.